The van der Waals surface area contributed by atoms with Crippen LogP contribution in [0.25, 0.3) is 0 Å². The number of hydrogen-bond acceptors (Lipinski definition) is 4. The normalized spacial score (nSPS) is 15.4. The Hall–Kier alpha value is -3.84. The Morgan fingerprint density at radius 3 is 2.43 bits per heavy atom. The van der Waals surface area contributed by atoms with E-state index < -0.39 is 18.0 Å². The summed E-state index contributed by atoms with van der Waals surface area (Å²) in [6.07, 6.45) is 0.393. The lowest BCUT2D eigenvalue weighted by Gasteiger charge is -2.21. The molecule has 1 aliphatic heterocycles. The molecule has 1 atom stereocenters. The van der Waals surface area contributed by atoms with Gasteiger partial charge in [-0.25, -0.2) is 9.69 Å². The van der Waals surface area contributed by atoms with Crippen LogP contribution in [0.1, 0.15) is 18.9 Å². The molecule has 0 saturated carbocycles. The summed E-state index contributed by atoms with van der Waals surface area (Å²) in [5.41, 5.74) is 2.00. The highest BCUT2D eigenvalue weighted by Crippen LogP contribution is 2.29. The van der Waals surface area contributed by atoms with Gasteiger partial charge in [-0.3, -0.25) is 9.59 Å². The smallest absolute Gasteiger partial charge is 0.332 e. The maximum absolute atomic E-state index is 13.4. The van der Waals surface area contributed by atoms with Crippen LogP contribution in [0.4, 0.5) is 16.2 Å². The SMILES string of the molecule is CCOc1ccc(NC(=O)C[C@@H]2C(=O)N(c3cccc(Cl)c3)C(=O)N2CCc2ccccc2)cc1. The molecule has 8 heteroatoms. The summed E-state index contributed by atoms with van der Waals surface area (Å²) in [7, 11) is 0. The molecular weight excluding hydrogens is 466 g/mol. The van der Waals surface area contributed by atoms with E-state index in [0.717, 1.165) is 10.5 Å². The Morgan fingerprint density at radius 1 is 1.00 bits per heavy atom. The fourth-order valence-corrected chi connectivity index (χ4v) is 4.21. The van der Waals surface area contributed by atoms with E-state index in [2.05, 4.69) is 5.32 Å². The fourth-order valence-electron chi connectivity index (χ4n) is 4.02. The van der Waals surface area contributed by atoms with Crippen molar-refractivity contribution < 1.29 is 19.1 Å². The highest BCUT2D eigenvalue weighted by atomic mass is 35.5. The number of rotatable bonds is 9. The molecule has 180 valence electrons. The van der Waals surface area contributed by atoms with Crippen LogP contribution in [0, 0.1) is 0 Å². The lowest BCUT2D eigenvalue weighted by molar-refractivity contribution is -0.124. The van der Waals surface area contributed by atoms with Crippen LogP contribution in [0.15, 0.2) is 78.9 Å². The second-order valence-corrected chi connectivity index (χ2v) is 8.53. The molecule has 1 heterocycles. The second-order valence-electron chi connectivity index (χ2n) is 8.09. The average Bonchev–Trinajstić information content (AvgIpc) is 3.08. The highest BCUT2D eigenvalue weighted by Gasteiger charge is 2.46. The van der Waals surface area contributed by atoms with Gasteiger partial charge in [-0.1, -0.05) is 48.0 Å². The van der Waals surface area contributed by atoms with Crippen molar-refractivity contribution in [1.29, 1.82) is 0 Å². The number of anilines is 2. The number of nitrogens with zero attached hydrogens (tertiary/aromatic N) is 2. The molecule has 1 saturated heterocycles. The minimum atomic E-state index is -0.923. The van der Waals surface area contributed by atoms with Gasteiger partial charge < -0.3 is 15.0 Å². The first-order chi connectivity index (χ1) is 17.0. The number of ether oxygens (including phenoxy) is 1. The molecule has 0 bridgehead atoms. The zero-order chi connectivity index (χ0) is 24.8. The molecule has 0 aromatic heterocycles. The van der Waals surface area contributed by atoms with Gasteiger partial charge in [0.2, 0.25) is 5.91 Å². The zero-order valence-electron chi connectivity index (χ0n) is 19.3. The van der Waals surface area contributed by atoms with E-state index in [-0.39, 0.29) is 12.3 Å². The number of amides is 4. The van der Waals surface area contributed by atoms with Gasteiger partial charge in [0.25, 0.3) is 5.91 Å². The van der Waals surface area contributed by atoms with Gasteiger partial charge in [-0.2, -0.15) is 0 Å². The van der Waals surface area contributed by atoms with Crippen molar-refractivity contribution in [2.75, 3.05) is 23.4 Å². The average molecular weight is 492 g/mol. The molecule has 1 fully saturated rings. The molecule has 7 nitrogen and oxygen atoms in total. The van der Waals surface area contributed by atoms with Gasteiger partial charge in [0.1, 0.15) is 11.8 Å². The van der Waals surface area contributed by atoms with E-state index in [4.69, 9.17) is 16.3 Å². The lowest BCUT2D eigenvalue weighted by atomic mass is 10.1. The van der Waals surface area contributed by atoms with Gasteiger partial charge in [-0.15, -0.1) is 0 Å². The summed E-state index contributed by atoms with van der Waals surface area (Å²) >= 11 is 6.10. The third kappa shape index (κ3) is 5.81. The molecule has 3 aromatic rings. The van der Waals surface area contributed by atoms with Gasteiger partial charge in [0.05, 0.1) is 18.7 Å². The fraction of sp³-hybridized carbons (Fsp3) is 0.222. The second kappa shape index (κ2) is 11.1. The van der Waals surface area contributed by atoms with Crippen molar-refractivity contribution in [2.24, 2.45) is 0 Å². The number of carbonyl (C=O) groups is 3. The van der Waals surface area contributed by atoms with Crippen molar-refractivity contribution >= 4 is 40.8 Å². The summed E-state index contributed by atoms with van der Waals surface area (Å²) in [6.45, 7) is 2.74. The quantitative estimate of drug-likeness (QED) is 0.420. The van der Waals surface area contributed by atoms with E-state index >= 15 is 0 Å². The first-order valence-corrected chi connectivity index (χ1v) is 11.8. The topological polar surface area (TPSA) is 79.0 Å². The van der Waals surface area contributed by atoms with Gasteiger partial charge in [-0.05, 0) is 61.4 Å². The Morgan fingerprint density at radius 2 is 1.74 bits per heavy atom. The predicted molar refractivity (Wildman–Crippen MR) is 136 cm³/mol. The summed E-state index contributed by atoms with van der Waals surface area (Å²) < 4.78 is 5.42. The molecule has 0 aliphatic carbocycles. The Balaban J connectivity index is 1.52. The molecule has 1 aliphatic rings. The molecule has 0 unspecified atom stereocenters. The van der Waals surface area contributed by atoms with Crippen LogP contribution < -0.4 is 15.0 Å². The third-order valence-electron chi connectivity index (χ3n) is 5.70. The molecule has 4 amide bonds. The van der Waals surface area contributed by atoms with Crippen LogP contribution in [-0.4, -0.2) is 41.9 Å². The third-order valence-corrected chi connectivity index (χ3v) is 5.93. The number of imide groups is 1. The minimum absolute atomic E-state index is 0.163. The van der Waals surface area contributed by atoms with E-state index in [1.165, 1.54) is 4.90 Å². The predicted octanol–water partition coefficient (Wildman–Crippen LogP) is 5.15. The zero-order valence-corrected chi connectivity index (χ0v) is 20.1. The molecule has 35 heavy (non-hydrogen) atoms. The van der Waals surface area contributed by atoms with Crippen LogP contribution in [0.3, 0.4) is 0 Å². The number of halogens is 1. The molecule has 0 radical (unpaired) electrons. The Bertz CT molecular complexity index is 1200. The molecule has 3 aromatic carbocycles. The Kier molecular flexibility index (Phi) is 7.67. The first-order valence-electron chi connectivity index (χ1n) is 11.4. The van der Waals surface area contributed by atoms with E-state index in [0.29, 0.717) is 41.7 Å². The first kappa shape index (κ1) is 24.3. The van der Waals surface area contributed by atoms with Crippen molar-refractivity contribution in [1.82, 2.24) is 4.90 Å². The summed E-state index contributed by atoms with van der Waals surface area (Å²) in [4.78, 5) is 42.2. The van der Waals surface area contributed by atoms with E-state index in [1.54, 1.807) is 48.5 Å². The highest BCUT2D eigenvalue weighted by molar-refractivity contribution is 6.31. The molecule has 4 rings (SSSR count). The molecule has 0 spiro atoms. The Labute approximate surface area is 209 Å². The van der Waals surface area contributed by atoms with Crippen LogP contribution in [-0.2, 0) is 16.0 Å². The molecule has 1 N–H and O–H groups in total. The standard InChI is InChI=1S/C27H26ClN3O4/c1-2-35-23-13-11-21(12-14-23)29-25(32)18-24-26(33)31(22-10-6-9-20(28)17-22)27(34)30(24)16-15-19-7-4-3-5-8-19/h3-14,17,24H,2,15-16,18H2,1H3,(H,29,32)/t24-/m1/s1. The minimum Gasteiger partial charge on any atom is -0.494 e. The number of urea groups is 1. The van der Waals surface area contributed by atoms with Crippen LogP contribution in [0.5, 0.6) is 5.75 Å². The summed E-state index contributed by atoms with van der Waals surface area (Å²) in [5.74, 6) is -0.114. The van der Waals surface area contributed by atoms with Crippen LogP contribution in [0.2, 0.25) is 5.02 Å². The van der Waals surface area contributed by atoms with E-state index in [1.807, 2.05) is 37.3 Å². The number of nitrogens with one attached hydrogen (secondary N) is 1. The summed E-state index contributed by atoms with van der Waals surface area (Å²) in [6, 6.07) is 21.9. The van der Waals surface area contributed by atoms with Crippen molar-refractivity contribution in [3.8, 4) is 5.75 Å². The van der Waals surface area contributed by atoms with E-state index in [9.17, 15) is 14.4 Å². The van der Waals surface area contributed by atoms with Crippen molar-refractivity contribution in [2.45, 2.75) is 25.8 Å². The summed E-state index contributed by atoms with van der Waals surface area (Å²) in [5, 5.41) is 3.22. The monoisotopic (exact) mass is 491 g/mol. The van der Waals surface area contributed by atoms with Gasteiger partial charge >= 0.3 is 6.03 Å². The van der Waals surface area contributed by atoms with Crippen molar-refractivity contribution in [3.05, 3.63) is 89.4 Å². The van der Waals surface area contributed by atoms with Crippen LogP contribution >= 0.6 is 11.6 Å². The number of benzene rings is 3. The van der Waals surface area contributed by atoms with Gasteiger partial charge in [0, 0.05) is 17.3 Å². The maximum atomic E-state index is 13.4. The van der Waals surface area contributed by atoms with Gasteiger partial charge in [0.15, 0.2) is 0 Å². The maximum Gasteiger partial charge on any atom is 0.332 e. The molecular formula is C27H26ClN3O4. The number of hydrogen-bond donors (Lipinski definition) is 1. The lowest BCUT2D eigenvalue weighted by Crippen LogP contribution is -2.39. The largest absolute Gasteiger partial charge is 0.494 e. The van der Waals surface area contributed by atoms with Crippen molar-refractivity contribution in [3.63, 3.8) is 0 Å². The number of carbonyl (C=O) groups excluding carboxylic acids is 3.